The van der Waals surface area contributed by atoms with Gasteiger partial charge < -0.3 is 9.72 Å². The molecule has 1 amide bonds. The first-order chi connectivity index (χ1) is 10.5. The lowest BCUT2D eigenvalue weighted by Crippen LogP contribution is -2.23. The molecule has 4 nitrogen and oxygen atoms in total. The zero-order valence-corrected chi connectivity index (χ0v) is 14.0. The van der Waals surface area contributed by atoms with Gasteiger partial charge in [0.05, 0.1) is 12.2 Å². The Kier molecular flexibility index (Phi) is 3.98. The molecule has 0 saturated carbocycles. The summed E-state index contributed by atoms with van der Waals surface area (Å²) in [5, 5.41) is 2.92. The first-order valence-electron chi connectivity index (χ1n) is 7.02. The number of benzene rings is 1. The van der Waals surface area contributed by atoms with E-state index in [1.54, 1.807) is 0 Å². The average molecular weight is 358 g/mol. The number of amides is 1. The van der Waals surface area contributed by atoms with Crippen LogP contribution in [-0.4, -0.2) is 15.3 Å². The summed E-state index contributed by atoms with van der Waals surface area (Å²) in [4.78, 5) is 16.8. The maximum atomic E-state index is 12.2. The summed E-state index contributed by atoms with van der Waals surface area (Å²) in [5.74, 6) is -0.0759. The molecule has 1 N–H and O–H groups in total. The summed E-state index contributed by atoms with van der Waals surface area (Å²) in [6.07, 6.45) is 3.90. The molecule has 22 heavy (non-hydrogen) atoms. The van der Waals surface area contributed by atoms with Crippen molar-refractivity contribution in [2.75, 3.05) is 0 Å². The third-order valence-corrected chi connectivity index (χ3v) is 4.01. The van der Waals surface area contributed by atoms with Crippen LogP contribution in [0.3, 0.4) is 0 Å². The van der Waals surface area contributed by atoms with E-state index in [-0.39, 0.29) is 5.91 Å². The number of nitrogens with zero attached hydrogens (tertiary/aromatic N) is 2. The molecule has 112 valence electrons. The van der Waals surface area contributed by atoms with Crippen LogP contribution in [0, 0.1) is 13.8 Å². The zero-order chi connectivity index (χ0) is 15.7. The van der Waals surface area contributed by atoms with Crippen LogP contribution in [0.5, 0.6) is 0 Å². The highest BCUT2D eigenvalue weighted by Crippen LogP contribution is 2.17. The van der Waals surface area contributed by atoms with E-state index < -0.39 is 0 Å². The maximum Gasteiger partial charge on any atom is 0.251 e. The van der Waals surface area contributed by atoms with Crippen molar-refractivity contribution in [1.29, 1.82) is 0 Å². The van der Waals surface area contributed by atoms with E-state index >= 15 is 0 Å². The number of aromatic nitrogens is 2. The molecule has 0 aliphatic heterocycles. The second-order valence-corrected chi connectivity index (χ2v) is 6.22. The van der Waals surface area contributed by atoms with E-state index in [9.17, 15) is 4.79 Å². The van der Waals surface area contributed by atoms with Crippen molar-refractivity contribution < 1.29 is 4.79 Å². The quantitative estimate of drug-likeness (QED) is 0.777. The van der Waals surface area contributed by atoms with Crippen LogP contribution in [-0.2, 0) is 6.54 Å². The summed E-state index contributed by atoms with van der Waals surface area (Å²) in [7, 11) is 0. The first kappa shape index (κ1) is 14.8. The molecule has 2 heterocycles. The number of hydrogen-bond donors (Lipinski definition) is 1. The van der Waals surface area contributed by atoms with E-state index in [4.69, 9.17) is 0 Å². The summed E-state index contributed by atoms with van der Waals surface area (Å²) >= 11 is 3.47. The van der Waals surface area contributed by atoms with E-state index in [0.717, 1.165) is 26.9 Å². The van der Waals surface area contributed by atoms with E-state index in [0.29, 0.717) is 12.1 Å². The van der Waals surface area contributed by atoms with Crippen LogP contribution in [0.4, 0.5) is 0 Å². The largest absolute Gasteiger partial charge is 0.346 e. The zero-order valence-electron chi connectivity index (χ0n) is 12.4. The Bertz CT molecular complexity index is 854. The Balaban J connectivity index is 1.78. The Hall–Kier alpha value is -2.14. The third kappa shape index (κ3) is 2.90. The molecule has 0 aliphatic carbocycles. The Morgan fingerprint density at radius 2 is 2.00 bits per heavy atom. The number of rotatable bonds is 3. The Morgan fingerprint density at radius 1 is 1.23 bits per heavy atom. The van der Waals surface area contributed by atoms with Gasteiger partial charge in [-0.25, -0.2) is 4.98 Å². The van der Waals surface area contributed by atoms with Crippen molar-refractivity contribution in [3.05, 3.63) is 69.6 Å². The molecular weight excluding hydrogens is 342 g/mol. The smallest absolute Gasteiger partial charge is 0.251 e. The molecule has 0 fully saturated rings. The highest BCUT2D eigenvalue weighted by Gasteiger charge is 2.10. The van der Waals surface area contributed by atoms with Crippen molar-refractivity contribution in [2.45, 2.75) is 20.4 Å². The molecule has 0 bridgehead atoms. The molecule has 1 aromatic carbocycles. The average Bonchev–Trinajstić information content (AvgIpc) is 2.88. The normalized spacial score (nSPS) is 10.9. The molecule has 3 rings (SSSR count). The summed E-state index contributed by atoms with van der Waals surface area (Å²) in [6.45, 7) is 4.36. The Labute approximate surface area is 137 Å². The van der Waals surface area contributed by atoms with E-state index in [1.165, 1.54) is 0 Å². The maximum absolute atomic E-state index is 12.2. The monoisotopic (exact) mass is 357 g/mol. The molecule has 2 aromatic heterocycles. The summed E-state index contributed by atoms with van der Waals surface area (Å²) in [5.41, 5.74) is 4.50. The topological polar surface area (TPSA) is 46.4 Å². The summed E-state index contributed by atoms with van der Waals surface area (Å²) in [6, 6.07) is 9.58. The molecule has 0 aliphatic rings. The number of aryl methyl sites for hydroxylation is 2. The van der Waals surface area contributed by atoms with Gasteiger partial charge in [0.2, 0.25) is 0 Å². The van der Waals surface area contributed by atoms with Gasteiger partial charge in [-0.15, -0.1) is 0 Å². The van der Waals surface area contributed by atoms with Crippen molar-refractivity contribution in [2.24, 2.45) is 0 Å². The van der Waals surface area contributed by atoms with Gasteiger partial charge in [-0.1, -0.05) is 18.2 Å². The number of carbonyl (C=O) groups is 1. The van der Waals surface area contributed by atoms with Gasteiger partial charge in [-0.05, 0) is 53.0 Å². The van der Waals surface area contributed by atoms with Gasteiger partial charge in [0.1, 0.15) is 5.65 Å². The molecule has 0 atom stereocenters. The van der Waals surface area contributed by atoms with Crippen LogP contribution >= 0.6 is 15.9 Å². The second kappa shape index (κ2) is 5.93. The second-order valence-electron chi connectivity index (χ2n) is 5.30. The van der Waals surface area contributed by atoms with Crippen LogP contribution in [0.15, 0.2) is 47.2 Å². The van der Waals surface area contributed by atoms with Gasteiger partial charge in [0.25, 0.3) is 5.91 Å². The SMILES string of the molecule is Cc1ccccc1C(=O)NCc1cn2cc(Br)cc(C)c2n1. The first-order valence-corrected chi connectivity index (χ1v) is 7.81. The van der Waals surface area contributed by atoms with E-state index in [2.05, 4.69) is 26.2 Å². The predicted octanol–water partition coefficient (Wildman–Crippen LogP) is 3.64. The fourth-order valence-electron chi connectivity index (χ4n) is 2.45. The summed E-state index contributed by atoms with van der Waals surface area (Å²) < 4.78 is 2.97. The highest BCUT2D eigenvalue weighted by molar-refractivity contribution is 9.10. The number of nitrogens with one attached hydrogen (secondary N) is 1. The van der Waals surface area contributed by atoms with E-state index in [1.807, 2.05) is 61.0 Å². The molecular formula is C17H16BrN3O. The van der Waals surface area contributed by atoms with Crippen LogP contribution in [0.25, 0.3) is 5.65 Å². The molecule has 0 spiro atoms. The standard InChI is InChI=1S/C17H16BrN3O/c1-11-5-3-4-6-15(11)17(22)19-8-14-10-21-9-13(18)7-12(2)16(21)20-14/h3-7,9-10H,8H2,1-2H3,(H,19,22). The van der Waals surface area contributed by atoms with Crippen LogP contribution < -0.4 is 5.32 Å². The van der Waals surface area contributed by atoms with Crippen LogP contribution in [0.2, 0.25) is 0 Å². The number of fused-ring (bicyclic) bond motifs is 1. The van der Waals surface area contributed by atoms with Crippen molar-refractivity contribution in [1.82, 2.24) is 14.7 Å². The molecule has 3 aromatic rings. The predicted molar refractivity (Wildman–Crippen MR) is 90.0 cm³/mol. The fraction of sp³-hybridized carbons (Fsp3) is 0.176. The van der Waals surface area contributed by atoms with Crippen molar-refractivity contribution in [3.63, 3.8) is 0 Å². The fourth-order valence-corrected chi connectivity index (χ4v) is 3.02. The van der Waals surface area contributed by atoms with Gasteiger partial charge in [0, 0.05) is 22.4 Å². The van der Waals surface area contributed by atoms with Gasteiger partial charge in [-0.2, -0.15) is 0 Å². The molecule has 0 saturated heterocycles. The van der Waals surface area contributed by atoms with Gasteiger partial charge >= 0.3 is 0 Å². The van der Waals surface area contributed by atoms with Gasteiger partial charge in [-0.3, -0.25) is 4.79 Å². The molecule has 5 heteroatoms. The number of halogens is 1. The van der Waals surface area contributed by atoms with Crippen LogP contribution in [0.1, 0.15) is 27.2 Å². The number of carbonyl (C=O) groups excluding carboxylic acids is 1. The molecule has 0 radical (unpaired) electrons. The minimum absolute atomic E-state index is 0.0759. The lowest BCUT2D eigenvalue weighted by atomic mass is 10.1. The van der Waals surface area contributed by atoms with Gasteiger partial charge in [0.15, 0.2) is 0 Å². The minimum Gasteiger partial charge on any atom is -0.346 e. The minimum atomic E-state index is -0.0759. The molecule has 0 unspecified atom stereocenters. The number of pyridine rings is 1. The number of imidazole rings is 1. The lowest BCUT2D eigenvalue weighted by molar-refractivity contribution is 0.0950. The van der Waals surface area contributed by atoms with Crippen molar-refractivity contribution >= 4 is 27.5 Å². The highest BCUT2D eigenvalue weighted by atomic mass is 79.9. The lowest BCUT2D eigenvalue weighted by Gasteiger charge is -2.05. The van der Waals surface area contributed by atoms with Crippen molar-refractivity contribution in [3.8, 4) is 0 Å². The number of hydrogen-bond acceptors (Lipinski definition) is 2. The Morgan fingerprint density at radius 3 is 2.77 bits per heavy atom. The third-order valence-electron chi connectivity index (χ3n) is 3.57.